The summed E-state index contributed by atoms with van der Waals surface area (Å²) in [6, 6.07) is 0. The number of rotatable bonds is 15. The number of amides is 1. The lowest BCUT2D eigenvalue weighted by atomic mass is 10.1. The van der Waals surface area contributed by atoms with Crippen LogP contribution in [0.2, 0.25) is 0 Å². The van der Waals surface area contributed by atoms with Crippen LogP contribution >= 0.6 is 0 Å². The van der Waals surface area contributed by atoms with Crippen LogP contribution in [0.15, 0.2) is 0 Å². The van der Waals surface area contributed by atoms with Crippen LogP contribution in [0.25, 0.3) is 0 Å². The second-order valence-corrected chi connectivity index (χ2v) is 4.97. The summed E-state index contributed by atoms with van der Waals surface area (Å²) in [6.45, 7) is 8.12. The molecular formula is C16H33NO5. The molecule has 6 heteroatoms. The summed E-state index contributed by atoms with van der Waals surface area (Å²) in [4.78, 5) is 11.4. The van der Waals surface area contributed by atoms with Gasteiger partial charge in [-0.05, 0) is 40.0 Å². The van der Waals surface area contributed by atoms with Crippen LogP contribution in [0.1, 0.15) is 59.3 Å². The molecule has 0 atom stereocenters. The van der Waals surface area contributed by atoms with E-state index in [2.05, 4.69) is 5.32 Å². The molecule has 22 heavy (non-hydrogen) atoms. The summed E-state index contributed by atoms with van der Waals surface area (Å²) in [5, 5.41) is 11.5. The first-order chi connectivity index (χ1) is 10.6. The van der Waals surface area contributed by atoms with E-state index in [0.717, 1.165) is 19.3 Å². The number of unbranched alkanes of at least 4 members (excludes halogenated alkanes) is 2. The Hall–Kier alpha value is -0.690. The highest BCUT2D eigenvalue weighted by Crippen LogP contribution is 2.23. The van der Waals surface area contributed by atoms with Gasteiger partial charge in [0.1, 0.15) is 0 Å². The number of carbonyl (C=O) groups is 1. The molecule has 0 spiro atoms. The highest BCUT2D eigenvalue weighted by atomic mass is 16.9. The molecule has 0 saturated heterocycles. The molecule has 0 aliphatic carbocycles. The fourth-order valence-electron chi connectivity index (χ4n) is 2.20. The van der Waals surface area contributed by atoms with Gasteiger partial charge in [0.05, 0.1) is 0 Å². The number of carbonyl (C=O) groups excluding carboxylic acids is 1. The van der Waals surface area contributed by atoms with Crippen LogP contribution in [0.3, 0.4) is 0 Å². The smallest absolute Gasteiger partial charge is 0.282 e. The molecule has 0 aliphatic heterocycles. The maximum atomic E-state index is 11.4. The van der Waals surface area contributed by atoms with Crippen molar-refractivity contribution in [2.24, 2.45) is 0 Å². The molecule has 0 aliphatic rings. The molecule has 0 rings (SSSR count). The predicted molar refractivity (Wildman–Crippen MR) is 85.4 cm³/mol. The molecule has 2 N–H and O–H groups in total. The van der Waals surface area contributed by atoms with Gasteiger partial charge >= 0.3 is 0 Å². The van der Waals surface area contributed by atoms with E-state index in [0.29, 0.717) is 45.6 Å². The first-order valence-electron chi connectivity index (χ1n) is 8.43. The van der Waals surface area contributed by atoms with E-state index in [4.69, 9.17) is 19.3 Å². The van der Waals surface area contributed by atoms with Gasteiger partial charge < -0.3 is 24.6 Å². The van der Waals surface area contributed by atoms with Gasteiger partial charge in [0, 0.05) is 45.8 Å². The Morgan fingerprint density at radius 3 is 2.05 bits per heavy atom. The van der Waals surface area contributed by atoms with E-state index in [1.165, 1.54) is 0 Å². The van der Waals surface area contributed by atoms with Crippen LogP contribution in [0.4, 0.5) is 0 Å². The maximum Gasteiger partial charge on any atom is 0.282 e. The van der Waals surface area contributed by atoms with E-state index in [-0.39, 0.29) is 12.5 Å². The molecule has 0 fully saturated rings. The topological polar surface area (TPSA) is 77.0 Å². The maximum absolute atomic E-state index is 11.4. The van der Waals surface area contributed by atoms with Crippen LogP contribution in [0, 0.1) is 0 Å². The Labute approximate surface area is 134 Å². The number of aliphatic hydroxyl groups is 1. The van der Waals surface area contributed by atoms with Crippen LogP contribution in [-0.2, 0) is 19.0 Å². The van der Waals surface area contributed by atoms with Crippen molar-refractivity contribution in [3.8, 4) is 0 Å². The molecule has 0 aromatic carbocycles. The Morgan fingerprint density at radius 1 is 0.955 bits per heavy atom. The number of ether oxygens (including phenoxy) is 3. The van der Waals surface area contributed by atoms with Crippen molar-refractivity contribution in [3.63, 3.8) is 0 Å². The summed E-state index contributed by atoms with van der Waals surface area (Å²) in [7, 11) is 0. The van der Waals surface area contributed by atoms with Crippen molar-refractivity contribution >= 4 is 5.91 Å². The predicted octanol–water partition coefficient (Wildman–Crippen LogP) is 2.20. The van der Waals surface area contributed by atoms with E-state index >= 15 is 0 Å². The molecule has 6 nitrogen and oxygen atoms in total. The average Bonchev–Trinajstić information content (AvgIpc) is 2.49. The standard InChI is InChI=1S/C16H33NO5/c1-4-20-16(21-5-2,22-6-3)12-8-7-9-13-17-15(19)11-10-14-18/h18H,4-14H2,1-3H3,(H,17,19). The fourth-order valence-corrected chi connectivity index (χ4v) is 2.20. The van der Waals surface area contributed by atoms with E-state index in [1.54, 1.807) is 0 Å². The molecule has 0 aromatic rings. The zero-order chi connectivity index (χ0) is 16.7. The summed E-state index contributed by atoms with van der Waals surface area (Å²) in [6.07, 6.45) is 4.37. The number of hydrogen-bond donors (Lipinski definition) is 2. The van der Waals surface area contributed by atoms with Gasteiger partial charge in [-0.15, -0.1) is 0 Å². The van der Waals surface area contributed by atoms with Gasteiger partial charge in [0.25, 0.3) is 5.97 Å². The molecule has 1 amide bonds. The third-order valence-corrected chi connectivity index (χ3v) is 3.14. The summed E-state index contributed by atoms with van der Waals surface area (Å²) in [5.74, 6) is -0.927. The first kappa shape index (κ1) is 21.3. The third kappa shape index (κ3) is 10.1. The number of aliphatic hydroxyl groups excluding tert-OH is 1. The molecule has 0 aromatic heterocycles. The Kier molecular flexibility index (Phi) is 13.5. The second kappa shape index (κ2) is 13.9. The minimum atomic E-state index is -0.928. The Morgan fingerprint density at radius 2 is 1.55 bits per heavy atom. The molecule has 0 bridgehead atoms. The number of nitrogens with one attached hydrogen (secondary N) is 1. The number of hydrogen-bond acceptors (Lipinski definition) is 5. The zero-order valence-corrected chi connectivity index (χ0v) is 14.4. The monoisotopic (exact) mass is 319 g/mol. The SMILES string of the molecule is CCOC(CCCCCNC(=O)CCCO)(OCC)OCC. The zero-order valence-electron chi connectivity index (χ0n) is 14.4. The minimum absolute atomic E-state index is 0.00125. The fraction of sp³-hybridized carbons (Fsp3) is 0.938. The largest absolute Gasteiger partial charge is 0.396 e. The van der Waals surface area contributed by atoms with Gasteiger partial charge in [0.2, 0.25) is 5.91 Å². The molecule has 0 radical (unpaired) electrons. The van der Waals surface area contributed by atoms with Crippen molar-refractivity contribution in [2.75, 3.05) is 33.0 Å². The van der Waals surface area contributed by atoms with Crippen molar-refractivity contribution in [3.05, 3.63) is 0 Å². The summed E-state index contributed by atoms with van der Waals surface area (Å²) >= 11 is 0. The van der Waals surface area contributed by atoms with Gasteiger partial charge in [-0.25, -0.2) is 0 Å². The van der Waals surface area contributed by atoms with Crippen molar-refractivity contribution in [1.82, 2.24) is 5.32 Å². The van der Waals surface area contributed by atoms with Gasteiger partial charge in [-0.2, -0.15) is 0 Å². The van der Waals surface area contributed by atoms with Crippen molar-refractivity contribution in [2.45, 2.75) is 65.3 Å². The first-order valence-corrected chi connectivity index (χ1v) is 8.43. The van der Waals surface area contributed by atoms with Crippen molar-refractivity contribution in [1.29, 1.82) is 0 Å². The van der Waals surface area contributed by atoms with E-state index < -0.39 is 5.97 Å². The van der Waals surface area contributed by atoms with Crippen molar-refractivity contribution < 1.29 is 24.1 Å². The lowest BCUT2D eigenvalue weighted by molar-refractivity contribution is -0.380. The molecule has 0 saturated carbocycles. The molecular weight excluding hydrogens is 286 g/mol. The third-order valence-electron chi connectivity index (χ3n) is 3.14. The molecule has 0 heterocycles. The van der Waals surface area contributed by atoms with Crippen LogP contribution < -0.4 is 5.32 Å². The highest BCUT2D eigenvalue weighted by molar-refractivity contribution is 5.75. The molecule has 0 unspecified atom stereocenters. The highest BCUT2D eigenvalue weighted by Gasteiger charge is 2.31. The van der Waals surface area contributed by atoms with Gasteiger partial charge in [-0.3, -0.25) is 4.79 Å². The Balaban J connectivity index is 3.90. The lowest BCUT2D eigenvalue weighted by Crippen LogP contribution is -2.39. The Bertz CT molecular complexity index is 256. The normalized spacial score (nSPS) is 11.6. The molecule has 132 valence electrons. The second-order valence-electron chi connectivity index (χ2n) is 4.97. The quantitative estimate of drug-likeness (QED) is 0.357. The lowest BCUT2D eigenvalue weighted by Gasteiger charge is -2.32. The summed E-state index contributed by atoms with van der Waals surface area (Å²) in [5.41, 5.74) is 0. The van der Waals surface area contributed by atoms with Crippen LogP contribution in [-0.4, -0.2) is 50.0 Å². The van der Waals surface area contributed by atoms with Gasteiger partial charge in [0.15, 0.2) is 0 Å². The van der Waals surface area contributed by atoms with Crippen LogP contribution in [0.5, 0.6) is 0 Å². The van der Waals surface area contributed by atoms with E-state index in [1.807, 2.05) is 20.8 Å². The average molecular weight is 319 g/mol. The van der Waals surface area contributed by atoms with E-state index in [9.17, 15) is 4.79 Å². The summed E-state index contributed by atoms with van der Waals surface area (Å²) < 4.78 is 17.0. The minimum Gasteiger partial charge on any atom is -0.396 e. The van der Waals surface area contributed by atoms with Gasteiger partial charge in [-0.1, -0.05) is 6.42 Å².